The number of nitrogens with zero attached hydrogens (tertiary/aromatic N) is 2. The quantitative estimate of drug-likeness (QED) is 0.366. The molecule has 0 fully saturated rings. The van der Waals surface area contributed by atoms with Gasteiger partial charge in [-0.15, -0.1) is 5.10 Å². The number of hydrogen-bond acceptors (Lipinski definition) is 7. The molecule has 0 spiro atoms. The van der Waals surface area contributed by atoms with Crippen LogP contribution in [0.5, 0.6) is 0 Å². The van der Waals surface area contributed by atoms with E-state index >= 15 is 0 Å². The minimum atomic E-state index is -0.481. The van der Waals surface area contributed by atoms with Gasteiger partial charge >= 0.3 is 5.97 Å². The Balaban J connectivity index is 1.74. The van der Waals surface area contributed by atoms with Crippen molar-refractivity contribution in [2.75, 3.05) is 7.11 Å². The zero-order valence-corrected chi connectivity index (χ0v) is 15.5. The fourth-order valence-electron chi connectivity index (χ4n) is 2.07. The van der Waals surface area contributed by atoms with Crippen molar-refractivity contribution < 1.29 is 13.9 Å². The Labute approximate surface area is 152 Å². The summed E-state index contributed by atoms with van der Waals surface area (Å²) in [6.45, 7) is 2.03. The molecule has 0 radical (unpaired) electrons. The maximum atomic E-state index is 11.4. The van der Waals surface area contributed by atoms with Crippen molar-refractivity contribution in [3.63, 3.8) is 0 Å². The van der Waals surface area contributed by atoms with Gasteiger partial charge in [-0.25, -0.2) is 9.48 Å². The second-order valence-electron chi connectivity index (χ2n) is 4.88. The first-order chi connectivity index (χ1) is 11.6. The van der Waals surface area contributed by atoms with E-state index in [0.717, 1.165) is 15.6 Å². The highest BCUT2D eigenvalue weighted by Crippen LogP contribution is 2.28. The van der Waals surface area contributed by atoms with Gasteiger partial charge in [-0.2, -0.15) is 0 Å². The van der Waals surface area contributed by atoms with Gasteiger partial charge in [0.15, 0.2) is 8.29 Å². The Kier molecular flexibility index (Phi) is 5.17. The Hall–Kier alpha value is -1.90. The number of rotatable bonds is 5. The summed E-state index contributed by atoms with van der Waals surface area (Å²) in [5.41, 5.74) is 2.10. The minimum absolute atomic E-state index is 0.200. The third-order valence-corrected chi connectivity index (χ3v) is 5.65. The predicted octanol–water partition coefficient (Wildman–Crippen LogP) is 4.64. The van der Waals surface area contributed by atoms with E-state index < -0.39 is 5.97 Å². The standard InChI is InChI=1S/C16H14N2O3S3/c1-10-5-3-4-6-12(10)18-16(22)24-15(17-18)23-9-11-7-8-13(21-11)14(19)20-2/h3-8H,9H2,1-2H3. The Morgan fingerprint density at radius 2 is 2.17 bits per heavy atom. The molecule has 24 heavy (non-hydrogen) atoms. The number of carbonyl (C=O) groups excluding carboxylic acids is 1. The summed E-state index contributed by atoms with van der Waals surface area (Å²) < 4.78 is 13.4. The SMILES string of the molecule is COC(=O)c1ccc(CSc2nn(-c3ccccc3C)c(=S)s2)o1. The Morgan fingerprint density at radius 3 is 2.92 bits per heavy atom. The lowest BCUT2D eigenvalue weighted by molar-refractivity contribution is 0.0563. The molecular weight excluding hydrogens is 364 g/mol. The van der Waals surface area contributed by atoms with Crippen molar-refractivity contribution in [3.05, 3.63) is 57.4 Å². The lowest BCUT2D eigenvalue weighted by Gasteiger charge is -2.03. The molecule has 3 rings (SSSR count). The van der Waals surface area contributed by atoms with Crippen LogP contribution in [0.2, 0.25) is 0 Å². The topological polar surface area (TPSA) is 57.3 Å². The van der Waals surface area contributed by atoms with Gasteiger partial charge < -0.3 is 9.15 Å². The molecular formula is C16H14N2O3S3. The molecule has 2 heterocycles. The van der Waals surface area contributed by atoms with Crippen LogP contribution in [0, 0.1) is 10.9 Å². The highest BCUT2D eigenvalue weighted by molar-refractivity contribution is 8.00. The monoisotopic (exact) mass is 378 g/mol. The predicted molar refractivity (Wildman–Crippen MR) is 96.6 cm³/mol. The number of esters is 1. The second-order valence-corrected chi connectivity index (χ2v) is 7.72. The van der Waals surface area contributed by atoms with Crippen LogP contribution < -0.4 is 0 Å². The molecule has 5 nitrogen and oxygen atoms in total. The summed E-state index contributed by atoms with van der Waals surface area (Å²) in [6.07, 6.45) is 0. The number of furan rings is 1. The van der Waals surface area contributed by atoms with Crippen molar-refractivity contribution in [1.82, 2.24) is 9.78 Å². The summed E-state index contributed by atoms with van der Waals surface area (Å²) in [7, 11) is 1.32. The molecule has 0 saturated carbocycles. The van der Waals surface area contributed by atoms with Crippen LogP contribution in [0.3, 0.4) is 0 Å². The summed E-state index contributed by atoms with van der Waals surface area (Å²) >= 11 is 8.39. The van der Waals surface area contributed by atoms with Crippen molar-refractivity contribution >= 4 is 41.3 Å². The normalized spacial score (nSPS) is 10.8. The van der Waals surface area contributed by atoms with Gasteiger partial charge in [-0.3, -0.25) is 0 Å². The molecule has 124 valence electrons. The van der Waals surface area contributed by atoms with Crippen molar-refractivity contribution in [3.8, 4) is 5.69 Å². The summed E-state index contributed by atoms with van der Waals surface area (Å²) in [5, 5.41) is 4.57. The minimum Gasteiger partial charge on any atom is -0.463 e. The van der Waals surface area contributed by atoms with E-state index in [2.05, 4.69) is 9.84 Å². The van der Waals surface area contributed by atoms with Gasteiger partial charge in [0.25, 0.3) is 0 Å². The molecule has 0 N–H and O–H groups in total. The average molecular weight is 379 g/mol. The number of hydrogen-bond donors (Lipinski definition) is 0. The highest BCUT2D eigenvalue weighted by atomic mass is 32.2. The molecule has 0 aliphatic carbocycles. The van der Waals surface area contributed by atoms with Crippen LogP contribution in [0.4, 0.5) is 0 Å². The van der Waals surface area contributed by atoms with Crippen LogP contribution in [0.25, 0.3) is 5.69 Å². The third-order valence-electron chi connectivity index (χ3n) is 3.26. The van der Waals surface area contributed by atoms with E-state index in [9.17, 15) is 4.79 Å². The van der Waals surface area contributed by atoms with E-state index in [-0.39, 0.29) is 5.76 Å². The summed E-state index contributed by atoms with van der Waals surface area (Å²) in [6, 6.07) is 11.3. The van der Waals surface area contributed by atoms with Crippen molar-refractivity contribution in [1.29, 1.82) is 0 Å². The molecule has 8 heteroatoms. The van der Waals surface area contributed by atoms with E-state index in [1.807, 2.05) is 31.2 Å². The van der Waals surface area contributed by atoms with Gasteiger partial charge in [0, 0.05) is 0 Å². The molecule has 0 saturated heterocycles. The van der Waals surface area contributed by atoms with Gasteiger partial charge in [0.1, 0.15) is 5.76 Å². The van der Waals surface area contributed by atoms with E-state index in [0.29, 0.717) is 15.5 Å². The van der Waals surface area contributed by atoms with Crippen molar-refractivity contribution in [2.24, 2.45) is 0 Å². The van der Waals surface area contributed by atoms with E-state index in [1.54, 1.807) is 16.8 Å². The van der Waals surface area contributed by atoms with Gasteiger partial charge in [-0.1, -0.05) is 41.3 Å². The van der Waals surface area contributed by atoms with E-state index in [1.165, 1.54) is 30.2 Å². The zero-order valence-electron chi connectivity index (χ0n) is 13.0. The number of benzene rings is 1. The lowest BCUT2D eigenvalue weighted by Crippen LogP contribution is -1.98. The van der Waals surface area contributed by atoms with Crippen molar-refractivity contribution in [2.45, 2.75) is 17.0 Å². The Bertz CT molecular complexity index is 927. The highest BCUT2D eigenvalue weighted by Gasteiger charge is 2.13. The number of carbonyl (C=O) groups is 1. The van der Waals surface area contributed by atoms with Crippen LogP contribution >= 0.6 is 35.3 Å². The average Bonchev–Trinajstić information content (AvgIpc) is 3.19. The molecule has 0 aliphatic heterocycles. The molecule has 0 unspecified atom stereocenters. The Morgan fingerprint density at radius 1 is 1.38 bits per heavy atom. The van der Waals surface area contributed by atoms with Crippen LogP contribution in [-0.2, 0) is 10.5 Å². The first-order valence-corrected chi connectivity index (χ1v) is 9.25. The molecule has 0 bridgehead atoms. The fraction of sp³-hybridized carbons (Fsp3) is 0.188. The van der Waals surface area contributed by atoms with Crippen LogP contribution in [-0.4, -0.2) is 22.9 Å². The maximum Gasteiger partial charge on any atom is 0.373 e. The number of para-hydroxylation sites is 1. The van der Waals surface area contributed by atoms with Gasteiger partial charge in [0.05, 0.1) is 18.6 Å². The summed E-state index contributed by atoms with van der Waals surface area (Å²) in [5.74, 6) is 0.966. The van der Waals surface area contributed by atoms with Gasteiger partial charge in [-0.05, 0) is 42.9 Å². The van der Waals surface area contributed by atoms with Gasteiger partial charge in [0.2, 0.25) is 5.76 Å². The second kappa shape index (κ2) is 7.33. The fourth-order valence-corrected chi connectivity index (χ4v) is 4.31. The number of ether oxygens (including phenoxy) is 1. The lowest BCUT2D eigenvalue weighted by atomic mass is 10.2. The number of thioether (sulfide) groups is 1. The maximum absolute atomic E-state index is 11.4. The summed E-state index contributed by atoms with van der Waals surface area (Å²) in [4.78, 5) is 11.4. The first kappa shape index (κ1) is 16.9. The molecule has 0 atom stereocenters. The first-order valence-electron chi connectivity index (χ1n) is 7.04. The molecule has 1 aromatic carbocycles. The molecule has 2 aromatic heterocycles. The largest absolute Gasteiger partial charge is 0.463 e. The number of aryl methyl sites for hydroxylation is 1. The molecule has 3 aromatic rings. The number of methoxy groups -OCH3 is 1. The zero-order chi connectivity index (χ0) is 17.1. The third kappa shape index (κ3) is 3.61. The van der Waals surface area contributed by atoms with Crippen LogP contribution in [0.15, 0.2) is 45.2 Å². The smallest absolute Gasteiger partial charge is 0.373 e. The molecule has 0 aliphatic rings. The van der Waals surface area contributed by atoms with E-state index in [4.69, 9.17) is 16.6 Å². The molecule has 0 amide bonds. The number of aromatic nitrogens is 2. The van der Waals surface area contributed by atoms with Crippen LogP contribution in [0.1, 0.15) is 21.9 Å².